The standard InChI is InChI=1S/C41H81NO4/c1-3-5-7-9-11-13-15-17-18-19-20-21-22-23-24-25-26-28-30-32-34-36-40(44)42-39(38-43)41(45)46-37-35-33-31-29-27-16-14-12-10-8-6-4-2/h39,43H,3-38H2,1-2H3,(H,42,44)/t39-/m0/s1. The molecule has 0 aliphatic carbocycles. The van der Waals surface area contributed by atoms with Crippen molar-refractivity contribution in [1.82, 2.24) is 5.32 Å². The van der Waals surface area contributed by atoms with Gasteiger partial charge < -0.3 is 15.2 Å². The van der Waals surface area contributed by atoms with E-state index in [1.807, 2.05) is 0 Å². The van der Waals surface area contributed by atoms with Crippen molar-refractivity contribution in [2.75, 3.05) is 13.2 Å². The van der Waals surface area contributed by atoms with Crippen LogP contribution in [0.4, 0.5) is 0 Å². The second kappa shape index (κ2) is 38.3. The zero-order valence-electron chi connectivity index (χ0n) is 31.2. The van der Waals surface area contributed by atoms with E-state index in [1.54, 1.807) is 0 Å². The summed E-state index contributed by atoms with van der Waals surface area (Å²) in [7, 11) is 0. The molecule has 0 heterocycles. The number of aliphatic hydroxyl groups excluding tert-OH is 1. The lowest BCUT2D eigenvalue weighted by Gasteiger charge is -2.15. The van der Waals surface area contributed by atoms with E-state index in [4.69, 9.17) is 4.74 Å². The van der Waals surface area contributed by atoms with Crippen LogP contribution in [0.2, 0.25) is 0 Å². The summed E-state index contributed by atoms with van der Waals surface area (Å²) in [5.74, 6) is -0.683. The van der Waals surface area contributed by atoms with Crippen molar-refractivity contribution in [3.8, 4) is 0 Å². The van der Waals surface area contributed by atoms with Gasteiger partial charge >= 0.3 is 5.97 Å². The third-order valence-corrected chi connectivity index (χ3v) is 9.55. The summed E-state index contributed by atoms with van der Waals surface area (Å²) in [6, 6.07) is -0.945. The van der Waals surface area contributed by atoms with Crippen LogP contribution in [-0.2, 0) is 14.3 Å². The van der Waals surface area contributed by atoms with E-state index in [-0.39, 0.29) is 5.91 Å². The van der Waals surface area contributed by atoms with E-state index in [9.17, 15) is 14.7 Å². The van der Waals surface area contributed by atoms with Gasteiger partial charge in [-0.15, -0.1) is 0 Å². The maximum Gasteiger partial charge on any atom is 0.331 e. The SMILES string of the molecule is CCCCCCCCCCCCCCCCCCCCCCCC(=O)N[C@@H](CO)C(=O)OCCCCCCCCCCCCCC. The van der Waals surface area contributed by atoms with Gasteiger partial charge in [-0.1, -0.05) is 213 Å². The maximum absolute atomic E-state index is 12.3. The molecular formula is C41H81NO4. The minimum Gasteiger partial charge on any atom is -0.464 e. The summed E-state index contributed by atoms with van der Waals surface area (Å²) in [6.07, 6.45) is 43.7. The Kier molecular flexibility index (Phi) is 37.4. The number of hydrogen-bond donors (Lipinski definition) is 2. The number of aliphatic hydroxyl groups is 1. The summed E-state index contributed by atoms with van der Waals surface area (Å²) in [5.41, 5.74) is 0. The maximum atomic E-state index is 12.3. The number of ether oxygens (including phenoxy) is 1. The van der Waals surface area contributed by atoms with Gasteiger partial charge in [0.25, 0.3) is 0 Å². The Morgan fingerprint density at radius 3 is 1.04 bits per heavy atom. The summed E-state index contributed by atoms with van der Waals surface area (Å²) in [6.45, 7) is 4.49. The van der Waals surface area contributed by atoms with Crippen molar-refractivity contribution < 1.29 is 19.4 Å². The molecular weight excluding hydrogens is 570 g/mol. The van der Waals surface area contributed by atoms with Crippen LogP contribution in [0.25, 0.3) is 0 Å². The molecule has 0 rings (SSSR count). The summed E-state index contributed by atoms with van der Waals surface area (Å²) >= 11 is 0. The van der Waals surface area contributed by atoms with Crippen LogP contribution in [0.1, 0.15) is 232 Å². The molecule has 46 heavy (non-hydrogen) atoms. The average Bonchev–Trinajstić information content (AvgIpc) is 3.06. The molecule has 274 valence electrons. The van der Waals surface area contributed by atoms with Crippen LogP contribution >= 0.6 is 0 Å². The van der Waals surface area contributed by atoms with Gasteiger partial charge in [-0.05, 0) is 12.8 Å². The first kappa shape index (κ1) is 44.9. The summed E-state index contributed by atoms with van der Waals surface area (Å²) in [5, 5.41) is 12.2. The van der Waals surface area contributed by atoms with Crippen LogP contribution in [0.3, 0.4) is 0 Å². The monoisotopic (exact) mass is 652 g/mol. The fourth-order valence-corrected chi connectivity index (χ4v) is 6.38. The number of hydrogen-bond acceptors (Lipinski definition) is 4. The van der Waals surface area contributed by atoms with E-state index >= 15 is 0 Å². The summed E-state index contributed by atoms with van der Waals surface area (Å²) < 4.78 is 5.32. The Balaban J connectivity index is 3.46. The van der Waals surface area contributed by atoms with Gasteiger partial charge in [0.2, 0.25) is 5.91 Å². The number of carbonyl (C=O) groups is 2. The molecule has 0 aliphatic rings. The quantitative estimate of drug-likeness (QED) is 0.0514. The zero-order valence-corrected chi connectivity index (χ0v) is 31.2. The molecule has 0 spiro atoms. The van der Waals surface area contributed by atoms with E-state index in [2.05, 4.69) is 19.2 Å². The van der Waals surface area contributed by atoms with Crippen molar-refractivity contribution in [3.63, 3.8) is 0 Å². The third kappa shape index (κ3) is 34.2. The second-order valence-electron chi connectivity index (χ2n) is 14.2. The van der Waals surface area contributed by atoms with Crippen LogP contribution in [-0.4, -0.2) is 36.2 Å². The van der Waals surface area contributed by atoms with Gasteiger partial charge in [0.05, 0.1) is 13.2 Å². The van der Waals surface area contributed by atoms with Crippen molar-refractivity contribution >= 4 is 11.9 Å². The number of unbranched alkanes of at least 4 members (excludes halogenated alkanes) is 31. The van der Waals surface area contributed by atoms with Gasteiger partial charge in [-0.25, -0.2) is 4.79 Å². The van der Waals surface area contributed by atoms with Gasteiger partial charge in [-0.3, -0.25) is 4.79 Å². The Labute approximate surface area is 287 Å². The first-order chi connectivity index (χ1) is 22.7. The van der Waals surface area contributed by atoms with Gasteiger partial charge in [0.15, 0.2) is 6.04 Å². The first-order valence-electron chi connectivity index (χ1n) is 20.7. The highest BCUT2D eigenvalue weighted by molar-refractivity contribution is 5.84. The molecule has 1 amide bonds. The fraction of sp³-hybridized carbons (Fsp3) is 0.951. The lowest BCUT2D eigenvalue weighted by Crippen LogP contribution is -2.44. The Bertz CT molecular complexity index is 626. The van der Waals surface area contributed by atoms with Crippen molar-refractivity contribution in [2.24, 2.45) is 0 Å². The predicted octanol–water partition coefficient (Wildman–Crippen LogP) is 12.3. The minimum absolute atomic E-state index is 0.167. The molecule has 5 heteroatoms. The van der Waals surface area contributed by atoms with Crippen molar-refractivity contribution in [2.45, 2.75) is 238 Å². The molecule has 2 N–H and O–H groups in total. The lowest BCUT2D eigenvalue weighted by molar-refractivity contribution is -0.149. The van der Waals surface area contributed by atoms with Crippen LogP contribution < -0.4 is 5.32 Å². The molecule has 0 saturated heterocycles. The molecule has 0 fully saturated rings. The largest absolute Gasteiger partial charge is 0.464 e. The highest BCUT2D eigenvalue weighted by atomic mass is 16.5. The topological polar surface area (TPSA) is 75.6 Å². The Morgan fingerprint density at radius 2 is 0.739 bits per heavy atom. The Morgan fingerprint density at radius 1 is 0.457 bits per heavy atom. The van der Waals surface area contributed by atoms with Crippen LogP contribution in [0.15, 0.2) is 0 Å². The van der Waals surface area contributed by atoms with Crippen molar-refractivity contribution in [1.29, 1.82) is 0 Å². The molecule has 0 aliphatic heterocycles. The van der Waals surface area contributed by atoms with Gasteiger partial charge in [0, 0.05) is 6.42 Å². The van der Waals surface area contributed by atoms with Crippen LogP contribution in [0, 0.1) is 0 Å². The Hall–Kier alpha value is -1.10. The smallest absolute Gasteiger partial charge is 0.331 e. The molecule has 0 radical (unpaired) electrons. The zero-order chi connectivity index (χ0) is 33.6. The van der Waals surface area contributed by atoms with E-state index in [0.717, 1.165) is 32.1 Å². The lowest BCUT2D eigenvalue weighted by atomic mass is 10.0. The molecule has 0 aromatic carbocycles. The molecule has 1 atom stereocenters. The van der Waals surface area contributed by atoms with E-state index < -0.39 is 18.6 Å². The van der Waals surface area contributed by atoms with E-state index in [0.29, 0.717) is 13.0 Å². The number of rotatable bonds is 38. The minimum atomic E-state index is -0.945. The molecule has 0 aromatic heterocycles. The molecule has 5 nitrogen and oxygen atoms in total. The average molecular weight is 652 g/mol. The molecule has 0 unspecified atom stereocenters. The highest BCUT2D eigenvalue weighted by Crippen LogP contribution is 2.16. The number of nitrogens with one attached hydrogen (secondary N) is 1. The number of esters is 1. The molecule has 0 aromatic rings. The molecule has 0 bridgehead atoms. The fourth-order valence-electron chi connectivity index (χ4n) is 6.38. The predicted molar refractivity (Wildman–Crippen MR) is 198 cm³/mol. The van der Waals surface area contributed by atoms with Crippen molar-refractivity contribution in [3.05, 3.63) is 0 Å². The normalized spacial score (nSPS) is 12.0. The van der Waals surface area contributed by atoms with Gasteiger partial charge in [0.1, 0.15) is 0 Å². The number of carbonyl (C=O) groups excluding carboxylic acids is 2. The second-order valence-corrected chi connectivity index (χ2v) is 14.2. The number of amides is 1. The first-order valence-corrected chi connectivity index (χ1v) is 20.7. The van der Waals surface area contributed by atoms with Gasteiger partial charge in [-0.2, -0.15) is 0 Å². The highest BCUT2D eigenvalue weighted by Gasteiger charge is 2.21. The molecule has 0 saturated carbocycles. The van der Waals surface area contributed by atoms with Crippen LogP contribution in [0.5, 0.6) is 0 Å². The van der Waals surface area contributed by atoms with E-state index in [1.165, 1.54) is 180 Å². The summed E-state index contributed by atoms with van der Waals surface area (Å²) in [4.78, 5) is 24.6. The third-order valence-electron chi connectivity index (χ3n) is 9.55.